The number of carbonyl (C=O) groups excluding carboxylic acids is 1. The molecule has 0 aromatic heterocycles. The number of sulfonamides is 1. The van der Waals surface area contributed by atoms with Crippen LogP contribution in [0.2, 0.25) is 0 Å². The Kier molecular flexibility index (Phi) is 7.44. The fraction of sp³-hybridized carbons (Fsp3) is 0.409. The average molecular weight is 435 g/mol. The van der Waals surface area contributed by atoms with E-state index in [2.05, 4.69) is 0 Å². The lowest BCUT2D eigenvalue weighted by Gasteiger charge is -2.34. The van der Waals surface area contributed by atoms with Crippen LogP contribution in [0.4, 0.5) is 4.39 Å². The molecule has 1 amide bonds. The predicted octanol–water partition coefficient (Wildman–Crippen LogP) is 3.08. The first-order chi connectivity index (χ1) is 14.4. The normalized spacial score (nSPS) is 15.2. The van der Waals surface area contributed by atoms with Gasteiger partial charge in [0.05, 0.1) is 12.0 Å². The van der Waals surface area contributed by atoms with Gasteiger partial charge in [-0.05, 0) is 61.2 Å². The van der Waals surface area contributed by atoms with Crippen LogP contribution in [-0.4, -0.2) is 56.8 Å². The summed E-state index contributed by atoms with van der Waals surface area (Å²) in [6.07, 6.45) is 3.07. The van der Waals surface area contributed by atoms with E-state index in [0.717, 1.165) is 37.1 Å². The number of hydrogen-bond acceptors (Lipinski definition) is 4. The Morgan fingerprint density at radius 3 is 2.20 bits per heavy atom. The fourth-order valence-corrected chi connectivity index (χ4v) is 4.91. The molecule has 0 bridgehead atoms. The van der Waals surface area contributed by atoms with E-state index in [1.165, 1.54) is 22.0 Å². The molecule has 1 fully saturated rings. The summed E-state index contributed by atoms with van der Waals surface area (Å²) in [6.45, 7) is 1.24. The molecule has 1 aliphatic rings. The summed E-state index contributed by atoms with van der Waals surface area (Å²) in [4.78, 5) is 14.3. The molecule has 30 heavy (non-hydrogen) atoms. The van der Waals surface area contributed by atoms with Crippen molar-refractivity contribution in [2.75, 3.05) is 33.3 Å². The van der Waals surface area contributed by atoms with E-state index in [0.29, 0.717) is 19.5 Å². The first-order valence-electron chi connectivity index (χ1n) is 10.1. The zero-order valence-corrected chi connectivity index (χ0v) is 17.9. The van der Waals surface area contributed by atoms with Crippen LogP contribution in [0.5, 0.6) is 5.75 Å². The highest BCUT2D eigenvalue weighted by Crippen LogP contribution is 2.19. The molecule has 1 saturated heterocycles. The molecule has 2 aromatic carbocycles. The number of aryl methyl sites for hydroxylation is 1. The van der Waals surface area contributed by atoms with Crippen molar-refractivity contribution in [3.8, 4) is 5.75 Å². The summed E-state index contributed by atoms with van der Waals surface area (Å²) < 4.78 is 44.9. The number of amides is 1. The van der Waals surface area contributed by atoms with Crippen molar-refractivity contribution in [1.29, 1.82) is 0 Å². The molecule has 162 valence electrons. The van der Waals surface area contributed by atoms with E-state index < -0.39 is 15.8 Å². The number of halogens is 1. The molecular weight excluding hydrogens is 407 g/mol. The molecule has 0 atom stereocenters. The second-order valence-corrected chi connectivity index (χ2v) is 9.23. The minimum Gasteiger partial charge on any atom is -0.497 e. The first-order valence-corrected chi connectivity index (χ1v) is 11.5. The van der Waals surface area contributed by atoms with Crippen molar-refractivity contribution < 1.29 is 22.3 Å². The van der Waals surface area contributed by atoms with Gasteiger partial charge in [0.1, 0.15) is 11.6 Å². The van der Waals surface area contributed by atoms with Gasteiger partial charge in [0.2, 0.25) is 15.9 Å². The third-order valence-corrected chi connectivity index (χ3v) is 7.22. The van der Waals surface area contributed by atoms with Gasteiger partial charge in [-0.2, -0.15) is 4.31 Å². The number of carbonyl (C=O) groups is 1. The number of piperazine rings is 1. The van der Waals surface area contributed by atoms with Crippen molar-refractivity contribution in [1.82, 2.24) is 9.21 Å². The molecule has 1 aliphatic heterocycles. The van der Waals surface area contributed by atoms with Gasteiger partial charge >= 0.3 is 0 Å². The minimum absolute atomic E-state index is 0.0589. The molecular formula is C22H27FN2O4S. The van der Waals surface area contributed by atoms with Gasteiger partial charge in [0.15, 0.2) is 0 Å². The monoisotopic (exact) mass is 434 g/mol. The zero-order chi connectivity index (χ0) is 21.6. The minimum atomic E-state index is -3.66. The van der Waals surface area contributed by atoms with Crippen LogP contribution in [0.3, 0.4) is 0 Å². The average Bonchev–Trinajstić information content (AvgIpc) is 2.77. The highest BCUT2D eigenvalue weighted by Gasteiger charge is 2.29. The maximum Gasteiger partial charge on any atom is 0.243 e. The lowest BCUT2D eigenvalue weighted by molar-refractivity contribution is -0.132. The van der Waals surface area contributed by atoms with Crippen molar-refractivity contribution in [3.63, 3.8) is 0 Å². The molecule has 0 spiro atoms. The lowest BCUT2D eigenvalue weighted by Crippen LogP contribution is -2.50. The second kappa shape index (κ2) is 10.0. The van der Waals surface area contributed by atoms with Gasteiger partial charge in [-0.3, -0.25) is 4.79 Å². The molecule has 8 heteroatoms. The Bertz CT molecular complexity index is 938. The van der Waals surface area contributed by atoms with Gasteiger partial charge < -0.3 is 9.64 Å². The molecule has 3 rings (SSSR count). The Morgan fingerprint density at radius 1 is 0.967 bits per heavy atom. The van der Waals surface area contributed by atoms with Gasteiger partial charge in [0, 0.05) is 32.6 Å². The van der Waals surface area contributed by atoms with E-state index >= 15 is 0 Å². The van der Waals surface area contributed by atoms with E-state index in [1.807, 2.05) is 24.3 Å². The van der Waals surface area contributed by atoms with E-state index in [4.69, 9.17) is 4.74 Å². The Morgan fingerprint density at radius 2 is 1.60 bits per heavy atom. The SMILES string of the molecule is COc1ccc(CCCCC(=O)N2CCN(S(=O)(=O)c3ccc(F)cc3)CC2)cc1. The number of unbranched alkanes of at least 4 members (excludes halogenated alkanes) is 1. The van der Waals surface area contributed by atoms with Gasteiger partial charge in [-0.1, -0.05) is 12.1 Å². The Labute approximate surface area is 177 Å². The lowest BCUT2D eigenvalue weighted by atomic mass is 10.1. The molecule has 0 saturated carbocycles. The summed E-state index contributed by atoms with van der Waals surface area (Å²) in [5.74, 6) is 0.412. The van der Waals surface area contributed by atoms with Crippen molar-refractivity contribution in [2.24, 2.45) is 0 Å². The highest BCUT2D eigenvalue weighted by atomic mass is 32.2. The van der Waals surface area contributed by atoms with Crippen LogP contribution < -0.4 is 4.74 Å². The number of rotatable bonds is 8. The van der Waals surface area contributed by atoms with Crippen LogP contribution in [0, 0.1) is 5.82 Å². The molecule has 0 radical (unpaired) electrons. The van der Waals surface area contributed by atoms with E-state index in [9.17, 15) is 17.6 Å². The topological polar surface area (TPSA) is 66.9 Å². The maximum atomic E-state index is 13.1. The van der Waals surface area contributed by atoms with Gasteiger partial charge in [-0.15, -0.1) is 0 Å². The van der Waals surface area contributed by atoms with Gasteiger partial charge in [0.25, 0.3) is 0 Å². The Hall–Kier alpha value is -2.45. The molecule has 6 nitrogen and oxygen atoms in total. The maximum absolute atomic E-state index is 13.1. The number of methoxy groups -OCH3 is 1. The number of hydrogen-bond donors (Lipinski definition) is 0. The first kappa shape index (κ1) is 22.2. The standard InChI is InChI=1S/C22H27FN2O4S/c1-29-20-10-6-18(7-11-20)4-2-3-5-22(26)24-14-16-25(17-15-24)30(27,28)21-12-8-19(23)9-13-21/h6-13H,2-5,14-17H2,1H3. The predicted molar refractivity (Wildman–Crippen MR) is 112 cm³/mol. The fourth-order valence-electron chi connectivity index (χ4n) is 3.49. The third-order valence-electron chi connectivity index (χ3n) is 5.31. The van der Waals surface area contributed by atoms with Crippen LogP contribution in [0.25, 0.3) is 0 Å². The molecule has 0 unspecified atom stereocenters. The number of ether oxygens (including phenoxy) is 1. The van der Waals surface area contributed by atoms with Crippen LogP contribution in [0.15, 0.2) is 53.4 Å². The smallest absolute Gasteiger partial charge is 0.243 e. The van der Waals surface area contributed by atoms with Crippen LogP contribution in [-0.2, 0) is 21.2 Å². The largest absolute Gasteiger partial charge is 0.497 e. The van der Waals surface area contributed by atoms with Crippen molar-refractivity contribution in [3.05, 3.63) is 59.9 Å². The molecule has 0 aliphatic carbocycles. The Balaban J connectivity index is 1.42. The van der Waals surface area contributed by atoms with E-state index in [-0.39, 0.29) is 23.9 Å². The van der Waals surface area contributed by atoms with Crippen LogP contribution in [0.1, 0.15) is 24.8 Å². The van der Waals surface area contributed by atoms with Crippen molar-refractivity contribution >= 4 is 15.9 Å². The molecule has 0 N–H and O–H groups in total. The summed E-state index contributed by atoms with van der Waals surface area (Å²) in [7, 11) is -2.03. The summed E-state index contributed by atoms with van der Waals surface area (Å²) >= 11 is 0. The molecule has 1 heterocycles. The molecule has 2 aromatic rings. The van der Waals surface area contributed by atoms with Crippen LogP contribution >= 0.6 is 0 Å². The third kappa shape index (κ3) is 5.58. The van der Waals surface area contributed by atoms with Crippen molar-refractivity contribution in [2.45, 2.75) is 30.6 Å². The van der Waals surface area contributed by atoms with E-state index in [1.54, 1.807) is 12.0 Å². The van der Waals surface area contributed by atoms with Gasteiger partial charge in [-0.25, -0.2) is 12.8 Å². The summed E-state index contributed by atoms with van der Waals surface area (Å²) in [5, 5.41) is 0. The summed E-state index contributed by atoms with van der Waals surface area (Å²) in [6, 6.07) is 12.7. The highest BCUT2D eigenvalue weighted by molar-refractivity contribution is 7.89. The number of nitrogens with zero attached hydrogens (tertiary/aromatic N) is 2. The second-order valence-electron chi connectivity index (χ2n) is 7.29. The number of benzene rings is 2. The quantitative estimate of drug-likeness (QED) is 0.599. The zero-order valence-electron chi connectivity index (χ0n) is 17.1. The summed E-state index contributed by atoms with van der Waals surface area (Å²) in [5.41, 5.74) is 1.21.